The monoisotopic (exact) mass is 361 g/mol. The van der Waals surface area contributed by atoms with Crippen LogP contribution in [0.25, 0.3) is 0 Å². The topological polar surface area (TPSA) is 20.3 Å². The minimum Gasteiger partial charge on any atom is -0.339 e. The fraction of sp³-hybridized carbons (Fsp3) is 0.278. The predicted molar refractivity (Wildman–Crippen MR) is 88.4 cm³/mol. The molecular formula is C18H17BrFNO. The highest BCUT2D eigenvalue weighted by atomic mass is 79.9. The Bertz CT molecular complexity index is 663. The van der Waals surface area contributed by atoms with Gasteiger partial charge in [0.15, 0.2) is 0 Å². The first-order valence-electron chi connectivity index (χ1n) is 7.44. The van der Waals surface area contributed by atoms with Crippen molar-refractivity contribution in [3.63, 3.8) is 0 Å². The van der Waals surface area contributed by atoms with Crippen molar-refractivity contribution in [3.8, 4) is 0 Å². The van der Waals surface area contributed by atoms with Crippen molar-refractivity contribution in [3.05, 3.63) is 69.9 Å². The molecule has 1 fully saturated rings. The van der Waals surface area contributed by atoms with Crippen LogP contribution < -0.4 is 0 Å². The number of carbonyl (C=O) groups is 1. The van der Waals surface area contributed by atoms with Gasteiger partial charge in [0.1, 0.15) is 5.82 Å². The van der Waals surface area contributed by atoms with Gasteiger partial charge in [0, 0.05) is 23.1 Å². The van der Waals surface area contributed by atoms with Gasteiger partial charge in [0.25, 0.3) is 5.91 Å². The summed E-state index contributed by atoms with van der Waals surface area (Å²) in [7, 11) is 0. The second-order valence-corrected chi connectivity index (χ2v) is 6.54. The molecule has 0 N–H and O–H groups in total. The molecule has 0 spiro atoms. The number of rotatable bonds is 2. The third-order valence-electron chi connectivity index (χ3n) is 4.20. The SMILES string of the molecule is O=C(c1cccc(Br)c1)N1CCC(c2ccc(F)cc2)CC1. The van der Waals surface area contributed by atoms with Crippen LogP contribution in [0.4, 0.5) is 4.39 Å². The lowest BCUT2D eigenvalue weighted by Gasteiger charge is -2.32. The number of halogens is 2. The van der Waals surface area contributed by atoms with Crippen molar-refractivity contribution in [2.45, 2.75) is 18.8 Å². The summed E-state index contributed by atoms with van der Waals surface area (Å²) in [4.78, 5) is 14.4. The minimum absolute atomic E-state index is 0.0823. The largest absolute Gasteiger partial charge is 0.339 e. The van der Waals surface area contributed by atoms with Gasteiger partial charge >= 0.3 is 0 Å². The molecular weight excluding hydrogens is 345 g/mol. The molecule has 1 saturated heterocycles. The van der Waals surface area contributed by atoms with Gasteiger partial charge in [-0.2, -0.15) is 0 Å². The molecule has 1 amide bonds. The quantitative estimate of drug-likeness (QED) is 0.764. The van der Waals surface area contributed by atoms with E-state index in [9.17, 15) is 9.18 Å². The summed E-state index contributed by atoms with van der Waals surface area (Å²) in [6.07, 6.45) is 1.84. The van der Waals surface area contributed by atoms with Crippen LogP contribution in [0.2, 0.25) is 0 Å². The zero-order chi connectivity index (χ0) is 15.5. The highest BCUT2D eigenvalue weighted by molar-refractivity contribution is 9.10. The maximum atomic E-state index is 13.0. The van der Waals surface area contributed by atoms with Crippen LogP contribution in [0.5, 0.6) is 0 Å². The average molecular weight is 362 g/mol. The Labute approximate surface area is 138 Å². The van der Waals surface area contributed by atoms with Crippen LogP contribution >= 0.6 is 15.9 Å². The van der Waals surface area contributed by atoms with Crippen LogP contribution in [-0.2, 0) is 0 Å². The Hall–Kier alpha value is -1.68. The Morgan fingerprint density at radius 2 is 1.77 bits per heavy atom. The molecule has 0 bridgehead atoms. The van der Waals surface area contributed by atoms with Crippen molar-refractivity contribution >= 4 is 21.8 Å². The summed E-state index contributed by atoms with van der Waals surface area (Å²) in [6.45, 7) is 1.49. The molecule has 2 aromatic rings. The minimum atomic E-state index is -0.203. The number of hydrogen-bond donors (Lipinski definition) is 0. The van der Waals surface area contributed by atoms with Crippen molar-refractivity contribution in [2.24, 2.45) is 0 Å². The van der Waals surface area contributed by atoms with E-state index in [0.29, 0.717) is 5.92 Å². The molecule has 2 aromatic carbocycles. The number of amides is 1. The molecule has 0 radical (unpaired) electrons. The second kappa shape index (κ2) is 6.61. The van der Waals surface area contributed by atoms with Gasteiger partial charge in [0.2, 0.25) is 0 Å². The molecule has 114 valence electrons. The van der Waals surface area contributed by atoms with E-state index in [1.165, 1.54) is 12.1 Å². The molecule has 3 rings (SSSR count). The van der Waals surface area contributed by atoms with Crippen LogP contribution in [0, 0.1) is 5.82 Å². The fourth-order valence-electron chi connectivity index (χ4n) is 2.95. The lowest BCUT2D eigenvalue weighted by Crippen LogP contribution is -2.37. The predicted octanol–water partition coefficient (Wildman–Crippen LogP) is 4.61. The van der Waals surface area contributed by atoms with Gasteiger partial charge < -0.3 is 4.90 Å². The average Bonchev–Trinajstić information content (AvgIpc) is 2.55. The maximum Gasteiger partial charge on any atom is 0.253 e. The van der Waals surface area contributed by atoms with Crippen LogP contribution in [0.15, 0.2) is 53.0 Å². The summed E-state index contributed by atoms with van der Waals surface area (Å²) in [5.74, 6) is 0.289. The smallest absolute Gasteiger partial charge is 0.253 e. The molecule has 0 aliphatic carbocycles. The number of benzene rings is 2. The Balaban J connectivity index is 1.64. The standard InChI is InChI=1S/C18H17BrFNO/c19-16-3-1-2-15(12-16)18(22)21-10-8-14(9-11-21)13-4-6-17(20)7-5-13/h1-7,12,14H,8-11H2. The van der Waals surface area contributed by atoms with E-state index in [4.69, 9.17) is 0 Å². The van der Waals surface area contributed by atoms with Crippen molar-refractivity contribution in [2.75, 3.05) is 13.1 Å². The highest BCUT2D eigenvalue weighted by Gasteiger charge is 2.24. The first-order valence-corrected chi connectivity index (χ1v) is 8.23. The van der Waals surface area contributed by atoms with E-state index in [-0.39, 0.29) is 11.7 Å². The summed E-state index contributed by atoms with van der Waals surface area (Å²) in [5, 5.41) is 0. The van der Waals surface area contributed by atoms with Crippen molar-refractivity contribution in [1.29, 1.82) is 0 Å². The zero-order valence-corrected chi connectivity index (χ0v) is 13.7. The lowest BCUT2D eigenvalue weighted by molar-refractivity contribution is 0.0713. The Morgan fingerprint density at radius 1 is 1.09 bits per heavy atom. The third kappa shape index (κ3) is 3.38. The highest BCUT2D eigenvalue weighted by Crippen LogP contribution is 2.29. The van der Waals surface area contributed by atoms with Gasteiger partial charge in [-0.15, -0.1) is 0 Å². The Morgan fingerprint density at radius 3 is 2.41 bits per heavy atom. The first-order chi connectivity index (χ1) is 10.6. The van der Waals surface area contributed by atoms with Gasteiger partial charge in [-0.1, -0.05) is 34.1 Å². The van der Waals surface area contributed by atoms with Crippen LogP contribution in [-0.4, -0.2) is 23.9 Å². The van der Waals surface area contributed by atoms with E-state index in [1.807, 2.05) is 41.3 Å². The molecule has 1 heterocycles. The number of carbonyl (C=O) groups excluding carboxylic acids is 1. The van der Waals surface area contributed by atoms with E-state index in [1.54, 1.807) is 0 Å². The lowest BCUT2D eigenvalue weighted by atomic mass is 9.89. The molecule has 0 unspecified atom stereocenters. The normalized spacial score (nSPS) is 15.8. The van der Waals surface area contributed by atoms with Crippen molar-refractivity contribution < 1.29 is 9.18 Å². The van der Waals surface area contributed by atoms with E-state index in [0.717, 1.165) is 41.5 Å². The van der Waals surface area contributed by atoms with E-state index < -0.39 is 0 Å². The summed E-state index contributed by atoms with van der Waals surface area (Å²) < 4.78 is 13.9. The fourth-order valence-corrected chi connectivity index (χ4v) is 3.35. The number of nitrogens with zero attached hydrogens (tertiary/aromatic N) is 1. The second-order valence-electron chi connectivity index (χ2n) is 5.63. The number of hydrogen-bond acceptors (Lipinski definition) is 1. The molecule has 1 aliphatic rings. The summed E-state index contributed by atoms with van der Waals surface area (Å²) >= 11 is 3.40. The van der Waals surface area contributed by atoms with E-state index >= 15 is 0 Å². The molecule has 0 aromatic heterocycles. The van der Waals surface area contributed by atoms with Gasteiger partial charge in [-0.05, 0) is 54.7 Å². The molecule has 22 heavy (non-hydrogen) atoms. The summed E-state index contributed by atoms with van der Waals surface area (Å²) in [5.41, 5.74) is 1.88. The van der Waals surface area contributed by atoms with Crippen LogP contribution in [0.1, 0.15) is 34.7 Å². The van der Waals surface area contributed by atoms with Gasteiger partial charge in [0.05, 0.1) is 0 Å². The van der Waals surface area contributed by atoms with Crippen molar-refractivity contribution in [1.82, 2.24) is 4.90 Å². The molecule has 4 heteroatoms. The maximum absolute atomic E-state index is 13.0. The number of piperidine rings is 1. The zero-order valence-electron chi connectivity index (χ0n) is 12.1. The summed E-state index contributed by atoms with van der Waals surface area (Å²) in [6, 6.07) is 14.2. The van der Waals surface area contributed by atoms with Gasteiger partial charge in [-0.3, -0.25) is 4.79 Å². The van der Waals surface area contributed by atoms with Gasteiger partial charge in [-0.25, -0.2) is 4.39 Å². The first kappa shape index (κ1) is 15.2. The van der Waals surface area contributed by atoms with Crippen LogP contribution in [0.3, 0.4) is 0 Å². The molecule has 1 aliphatic heterocycles. The molecule has 0 atom stereocenters. The molecule has 0 saturated carbocycles. The number of likely N-dealkylation sites (tertiary alicyclic amines) is 1. The Kier molecular flexibility index (Phi) is 4.57. The van der Waals surface area contributed by atoms with E-state index in [2.05, 4.69) is 15.9 Å². The molecule has 2 nitrogen and oxygen atoms in total. The third-order valence-corrected chi connectivity index (χ3v) is 4.69.